The number of aromatic nitrogens is 4. The summed E-state index contributed by atoms with van der Waals surface area (Å²) in [5, 5.41) is 3.35. The fourth-order valence-electron chi connectivity index (χ4n) is 2.80. The van der Waals surface area contributed by atoms with Crippen LogP contribution in [0.5, 0.6) is 0 Å². The van der Waals surface area contributed by atoms with Crippen LogP contribution in [0, 0.1) is 0 Å². The summed E-state index contributed by atoms with van der Waals surface area (Å²) in [5.41, 5.74) is 1.18. The van der Waals surface area contributed by atoms with Gasteiger partial charge in [0.2, 0.25) is 5.95 Å². The molecule has 25 heavy (non-hydrogen) atoms. The van der Waals surface area contributed by atoms with Gasteiger partial charge in [0.25, 0.3) is 5.56 Å². The number of nitrogens with one attached hydrogen (secondary N) is 1. The summed E-state index contributed by atoms with van der Waals surface area (Å²) in [7, 11) is 3.13. The Kier molecular flexibility index (Phi) is 4.48. The van der Waals surface area contributed by atoms with Gasteiger partial charge in [0.1, 0.15) is 0 Å². The van der Waals surface area contributed by atoms with E-state index in [0.29, 0.717) is 23.7 Å². The van der Waals surface area contributed by atoms with E-state index in [9.17, 15) is 9.59 Å². The highest BCUT2D eigenvalue weighted by molar-refractivity contribution is 5.74. The monoisotopic (exact) mass is 341 g/mol. The molecule has 7 heteroatoms. The quantitative estimate of drug-likeness (QED) is 0.766. The van der Waals surface area contributed by atoms with Gasteiger partial charge in [0.15, 0.2) is 11.2 Å². The zero-order chi connectivity index (χ0) is 18.1. The van der Waals surface area contributed by atoms with Crippen molar-refractivity contribution in [2.75, 3.05) is 5.32 Å². The van der Waals surface area contributed by atoms with Crippen molar-refractivity contribution in [3.63, 3.8) is 0 Å². The lowest BCUT2D eigenvalue weighted by molar-refractivity contribution is 0.701. The molecule has 0 fully saturated rings. The van der Waals surface area contributed by atoms with Gasteiger partial charge in [-0.05, 0) is 18.9 Å². The number of aryl methyl sites for hydroxylation is 1. The molecule has 3 aromatic rings. The van der Waals surface area contributed by atoms with E-state index >= 15 is 0 Å². The fraction of sp³-hybridized carbons (Fsp3) is 0.389. The molecular weight excluding hydrogens is 318 g/mol. The molecule has 0 saturated heterocycles. The molecule has 0 aliphatic rings. The van der Waals surface area contributed by atoms with Crippen LogP contribution < -0.4 is 16.6 Å². The molecule has 0 amide bonds. The summed E-state index contributed by atoms with van der Waals surface area (Å²) in [6.45, 7) is 4.64. The Morgan fingerprint density at radius 1 is 1.12 bits per heavy atom. The highest BCUT2D eigenvalue weighted by Gasteiger charge is 2.20. The maximum atomic E-state index is 12.7. The Morgan fingerprint density at radius 3 is 2.44 bits per heavy atom. The van der Waals surface area contributed by atoms with Gasteiger partial charge in [-0.1, -0.05) is 37.3 Å². The summed E-state index contributed by atoms with van der Waals surface area (Å²) in [6, 6.07) is 10.1. The first-order chi connectivity index (χ1) is 11.9. The lowest BCUT2D eigenvalue weighted by atomic mass is 10.2. The van der Waals surface area contributed by atoms with Gasteiger partial charge < -0.3 is 5.32 Å². The highest BCUT2D eigenvalue weighted by atomic mass is 16.2. The minimum absolute atomic E-state index is 0.201. The van der Waals surface area contributed by atoms with Gasteiger partial charge >= 0.3 is 5.69 Å². The van der Waals surface area contributed by atoms with E-state index in [2.05, 4.69) is 24.1 Å². The molecule has 1 atom stereocenters. The molecule has 0 spiro atoms. The van der Waals surface area contributed by atoms with E-state index < -0.39 is 0 Å². The molecule has 0 bridgehead atoms. The second kappa shape index (κ2) is 6.58. The van der Waals surface area contributed by atoms with Crippen LogP contribution in [0.25, 0.3) is 11.2 Å². The van der Waals surface area contributed by atoms with E-state index in [1.807, 2.05) is 34.9 Å². The maximum absolute atomic E-state index is 12.7. The van der Waals surface area contributed by atoms with Crippen LogP contribution in [-0.4, -0.2) is 24.7 Å². The molecule has 0 aliphatic heterocycles. The fourth-order valence-corrected chi connectivity index (χ4v) is 2.80. The standard InChI is InChI=1S/C18H23N5O2/c1-5-12(2)19-17-20-15-14(16(24)22(4)18(25)21(15)3)23(17)11-13-9-7-6-8-10-13/h6-10,12H,5,11H2,1-4H3,(H,19,20)/t12-/m0/s1. The van der Waals surface area contributed by atoms with E-state index in [4.69, 9.17) is 0 Å². The predicted octanol–water partition coefficient (Wildman–Crippen LogP) is 1.69. The average molecular weight is 341 g/mol. The van der Waals surface area contributed by atoms with Crippen molar-refractivity contribution in [1.29, 1.82) is 0 Å². The first kappa shape index (κ1) is 17.0. The number of hydrogen-bond donors (Lipinski definition) is 1. The van der Waals surface area contributed by atoms with Crippen LogP contribution >= 0.6 is 0 Å². The minimum atomic E-state index is -0.378. The molecule has 2 heterocycles. The molecule has 3 rings (SSSR count). The third-order valence-corrected chi connectivity index (χ3v) is 4.52. The van der Waals surface area contributed by atoms with Crippen molar-refractivity contribution in [3.8, 4) is 0 Å². The van der Waals surface area contributed by atoms with Crippen molar-refractivity contribution >= 4 is 17.1 Å². The summed E-state index contributed by atoms with van der Waals surface area (Å²) in [6.07, 6.45) is 0.922. The molecular formula is C18H23N5O2. The molecule has 1 aromatic carbocycles. The van der Waals surface area contributed by atoms with E-state index in [0.717, 1.165) is 16.6 Å². The minimum Gasteiger partial charge on any atom is -0.353 e. The average Bonchev–Trinajstić information content (AvgIpc) is 2.97. The molecule has 0 radical (unpaired) electrons. The summed E-state index contributed by atoms with van der Waals surface area (Å²) in [5.74, 6) is 0.603. The number of hydrogen-bond acceptors (Lipinski definition) is 4. The van der Waals surface area contributed by atoms with Crippen LogP contribution in [0.1, 0.15) is 25.8 Å². The smallest absolute Gasteiger partial charge is 0.332 e. The van der Waals surface area contributed by atoms with E-state index in [-0.39, 0.29) is 17.3 Å². The van der Waals surface area contributed by atoms with E-state index in [1.165, 1.54) is 11.6 Å². The first-order valence-electron chi connectivity index (χ1n) is 8.40. The molecule has 0 saturated carbocycles. The lowest BCUT2D eigenvalue weighted by Crippen LogP contribution is -2.37. The van der Waals surface area contributed by atoms with Gasteiger partial charge in [0, 0.05) is 20.1 Å². The lowest BCUT2D eigenvalue weighted by Gasteiger charge is -2.14. The number of fused-ring (bicyclic) bond motifs is 1. The molecule has 0 aliphatic carbocycles. The van der Waals surface area contributed by atoms with Crippen LogP contribution in [0.4, 0.5) is 5.95 Å². The number of imidazole rings is 1. The van der Waals surface area contributed by atoms with Crippen molar-refractivity contribution in [2.24, 2.45) is 14.1 Å². The molecule has 2 aromatic heterocycles. The van der Waals surface area contributed by atoms with Crippen molar-refractivity contribution < 1.29 is 0 Å². The van der Waals surface area contributed by atoms with Gasteiger partial charge in [-0.2, -0.15) is 4.98 Å². The Balaban J connectivity index is 2.28. The SMILES string of the molecule is CC[C@H](C)Nc1nc2c(c(=O)n(C)c(=O)n2C)n1Cc1ccccc1. The van der Waals surface area contributed by atoms with Gasteiger partial charge in [-0.3, -0.25) is 18.5 Å². The predicted molar refractivity (Wildman–Crippen MR) is 99.1 cm³/mol. The summed E-state index contributed by atoms with van der Waals surface area (Å²) < 4.78 is 4.40. The van der Waals surface area contributed by atoms with Crippen molar-refractivity contribution in [2.45, 2.75) is 32.9 Å². The highest BCUT2D eigenvalue weighted by Crippen LogP contribution is 2.19. The first-order valence-corrected chi connectivity index (χ1v) is 8.40. The summed E-state index contributed by atoms with van der Waals surface area (Å²) in [4.78, 5) is 29.5. The second-order valence-electron chi connectivity index (χ2n) is 6.34. The molecule has 0 unspecified atom stereocenters. The molecule has 7 nitrogen and oxygen atoms in total. The topological polar surface area (TPSA) is 73.8 Å². The Hall–Kier alpha value is -2.83. The zero-order valence-electron chi connectivity index (χ0n) is 15.0. The largest absolute Gasteiger partial charge is 0.353 e. The van der Waals surface area contributed by atoms with Crippen LogP contribution in [0.3, 0.4) is 0 Å². The zero-order valence-corrected chi connectivity index (χ0v) is 15.0. The van der Waals surface area contributed by atoms with Crippen LogP contribution in [0.2, 0.25) is 0 Å². The number of nitrogens with zero attached hydrogens (tertiary/aromatic N) is 4. The Labute approximate surface area is 145 Å². The normalized spacial score (nSPS) is 12.5. The van der Waals surface area contributed by atoms with Crippen LogP contribution in [0.15, 0.2) is 39.9 Å². The third-order valence-electron chi connectivity index (χ3n) is 4.52. The maximum Gasteiger partial charge on any atom is 0.332 e. The van der Waals surface area contributed by atoms with Crippen LogP contribution in [-0.2, 0) is 20.6 Å². The number of benzene rings is 1. The third kappa shape index (κ3) is 2.97. The van der Waals surface area contributed by atoms with Gasteiger partial charge in [0.05, 0.1) is 6.54 Å². The summed E-state index contributed by atoms with van der Waals surface area (Å²) >= 11 is 0. The number of anilines is 1. The van der Waals surface area contributed by atoms with Crippen molar-refractivity contribution in [3.05, 3.63) is 56.7 Å². The Bertz CT molecular complexity index is 1010. The van der Waals surface area contributed by atoms with Crippen molar-refractivity contribution in [1.82, 2.24) is 18.7 Å². The second-order valence-corrected chi connectivity index (χ2v) is 6.34. The number of rotatable bonds is 5. The molecule has 1 N–H and O–H groups in total. The Morgan fingerprint density at radius 2 is 1.80 bits per heavy atom. The van der Waals surface area contributed by atoms with Gasteiger partial charge in [-0.25, -0.2) is 4.79 Å². The molecule has 132 valence electrons. The van der Waals surface area contributed by atoms with E-state index in [1.54, 1.807) is 7.05 Å². The van der Waals surface area contributed by atoms with Gasteiger partial charge in [-0.15, -0.1) is 0 Å².